The molecule has 0 saturated heterocycles. The standard InChI is InChI=1S/C16H19N/c1-13(17)16(15-10-6-3-7-11-15)12-14-8-4-2-5-9-14/h2-11,13,16H,12,17H2,1H3/t13-,16+/m1/s1. The molecule has 17 heavy (non-hydrogen) atoms. The molecule has 2 rings (SSSR count). The third-order valence-electron chi connectivity index (χ3n) is 3.16. The molecule has 0 fully saturated rings. The molecule has 2 N–H and O–H groups in total. The van der Waals surface area contributed by atoms with E-state index < -0.39 is 0 Å². The lowest BCUT2D eigenvalue weighted by molar-refractivity contribution is 0.565. The Labute approximate surface area is 103 Å². The van der Waals surface area contributed by atoms with Gasteiger partial charge in [0.2, 0.25) is 0 Å². The molecule has 2 aromatic rings. The number of rotatable bonds is 4. The van der Waals surface area contributed by atoms with Crippen molar-refractivity contribution >= 4 is 0 Å². The van der Waals surface area contributed by atoms with Crippen molar-refractivity contribution in [3.05, 3.63) is 71.8 Å². The van der Waals surface area contributed by atoms with Gasteiger partial charge in [0.15, 0.2) is 0 Å². The van der Waals surface area contributed by atoms with Gasteiger partial charge in [-0.2, -0.15) is 0 Å². The fraction of sp³-hybridized carbons (Fsp3) is 0.250. The molecule has 0 unspecified atom stereocenters. The Balaban J connectivity index is 2.20. The Morgan fingerprint density at radius 2 is 1.41 bits per heavy atom. The highest BCUT2D eigenvalue weighted by molar-refractivity contribution is 5.25. The quantitative estimate of drug-likeness (QED) is 0.848. The van der Waals surface area contributed by atoms with Crippen LogP contribution in [-0.4, -0.2) is 6.04 Å². The Kier molecular flexibility index (Phi) is 3.94. The third-order valence-corrected chi connectivity index (χ3v) is 3.16. The fourth-order valence-corrected chi connectivity index (χ4v) is 2.18. The second-order valence-electron chi connectivity index (χ2n) is 4.57. The second-order valence-corrected chi connectivity index (χ2v) is 4.57. The van der Waals surface area contributed by atoms with Crippen molar-refractivity contribution in [2.45, 2.75) is 25.3 Å². The molecule has 0 heterocycles. The van der Waals surface area contributed by atoms with Gasteiger partial charge in [-0.15, -0.1) is 0 Å². The van der Waals surface area contributed by atoms with Gasteiger partial charge >= 0.3 is 0 Å². The van der Waals surface area contributed by atoms with Crippen LogP contribution in [-0.2, 0) is 6.42 Å². The summed E-state index contributed by atoms with van der Waals surface area (Å²) in [4.78, 5) is 0. The molecule has 0 aliphatic heterocycles. The third kappa shape index (κ3) is 3.18. The molecular formula is C16H19N. The van der Waals surface area contributed by atoms with E-state index in [0.717, 1.165) is 6.42 Å². The highest BCUT2D eigenvalue weighted by Gasteiger charge is 2.16. The molecule has 0 amide bonds. The summed E-state index contributed by atoms with van der Waals surface area (Å²) in [7, 11) is 0. The fourth-order valence-electron chi connectivity index (χ4n) is 2.18. The van der Waals surface area contributed by atoms with E-state index >= 15 is 0 Å². The van der Waals surface area contributed by atoms with Crippen molar-refractivity contribution in [2.75, 3.05) is 0 Å². The van der Waals surface area contributed by atoms with Crippen molar-refractivity contribution in [1.29, 1.82) is 0 Å². The largest absolute Gasteiger partial charge is 0.327 e. The highest BCUT2D eigenvalue weighted by Crippen LogP contribution is 2.23. The summed E-state index contributed by atoms with van der Waals surface area (Å²) in [5.74, 6) is 0.388. The van der Waals surface area contributed by atoms with Gasteiger partial charge in [0.05, 0.1) is 0 Å². The summed E-state index contributed by atoms with van der Waals surface area (Å²) in [5.41, 5.74) is 8.79. The topological polar surface area (TPSA) is 26.0 Å². The minimum atomic E-state index is 0.164. The molecule has 0 aromatic heterocycles. The minimum absolute atomic E-state index is 0.164. The molecule has 88 valence electrons. The maximum Gasteiger partial charge on any atom is 0.00825 e. The van der Waals surface area contributed by atoms with Crippen LogP contribution in [0.4, 0.5) is 0 Å². The molecule has 0 saturated carbocycles. The number of benzene rings is 2. The normalized spacial score (nSPS) is 14.2. The van der Waals surface area contributed by atoms with Crippen molar-refractivity contribution in [2.24, 2.45) is 5.73 Å². The zero-order valence-corrected chi connectivity index (χ0v) is 10.2. The molecular weight excluding hydrogens is 206 g/mol. The lowest BCUT2D eigenvalue weighted by atomic mass is 9.87. The van der Waals surface area contributed by atoms with Gasteiger partial charge in [0.1, 0.15) is 0 Å². The van der Waals surface area contributed by atoms with Gasteiger partial charge in [0, 0.05) is 12.0 Å². The van der Waals surface area contributed by atoms with Crippen LogP contribution >= 0.6 is 0 Å². The van der Waals surface area contributed by atoms with Crippen LogP contribution < -0.4 is 5.73 Å². The average molecular weight is 225 g/mol. The maximum absolute atomic E-state index is 6.12. The molecule has 0 aliphatic rings. The van der Waals surface area contributed by atoms with Crippen LogP contribution in [0.5, 0.6) is 0 Å². The zero-order valence-electron chi connectivity index (χ0n) is 10.2. The molecule has 0 bridgehead atoms. The second kappa shape index (κ2) is 5.65. The molecule has 0 spiro atoms. The lowest BCUT2D eigenvalue weighted by Crippen LogP contribution is -2.26. The summed E-state index contributed by atoms with van der Waals surface area (Å²) in [6.07, 6.45) is 1.00. The summed E-state index contributed by atoms with van der Waals surface area (Å²) in [6.45, 7) is 2.08. The van der Waals surface area contributed by atoms with E-state index in [0.29, 0.717) is 5.92 Å². The SMILES string of the molecule is C[C@@H](N)[C@H](Cc1ccccc1)c1ccccc1. The maximum atomic E-state index is 6.12. The van der Waals surface area contributed by atoms with Crippen LogP contribution in [0.1, 0.15) is 24.0 Å². The highest BCUT2D eigenvalue weighted by atomic mass is 14.6. The number of nitrogens with two attached hydrogens (primary N) is 1. The lowest BCUT2D eigenvalue weighted by Gasteiger charge is -2.21. The smallest absolute Gasteiger partial charge is 0.00825 e. The summed E-state index contributed by atoms with van der Waals surface area (Å²) in [6, 6.07) is 21.2. The van der Waals surface area contributed by atoms with Gasteiger partial charge in [0.25, 0.3) is 0 Å². The van der Waals surface area contributed by atoms with E-state index in [1.54, 1.807) is 0 Å². The van der Waals surface area contributed by atoms with Crippen LogP contribution in [0, 0.1) is 0 Å². The molecule has 2 aromatic carbocycles. The first-order valence-corrected chi connectivity index (χ1v) is 6.12. The molecule has 0 radical (unpaired) electrons. The molecule has 0 aliphatic carbocycles. The molecule has 1 heteroatoms. The first-order chi connectivity index (χ1) is 8.27. The Hall–Kier alpha value is -1.60. The van der Waals surface area contributed by atoms with Crippen molar-refractivity contribution in [3.8, 4) is 0 Å². The zero-order chi connectivity index (χ0) is 12.1. The van der Waals surface area contributed by atoms with Gasteiger partial charge in [-0.1, -0.05) is 60.7 Å². The van der Waals surface area contributed by atoms with E-state index in [9.17, 15) is 0 Å². The first-order valence-electron chi connectivity index (χ1n) is 6.12. The van der Waals surface area contributed by atoms with Crippen molar-refractivity contribution in [3.63, 3.8) is 0 Å². The Bertz CT molecular complexity index is 434. The Morgan fingerprint density at radius 1 is 0.882 bits per heavy atom. The van der Waals surface area contributed by atoms with E-state index in [1.165, 1.54) is 11.1 Å². The van der Waals surface area contributed by atoms with Crippen LogP contribution in [0.15, 0.2) is 60.7 Å². The monoisotopic (exact) mass is 225 g/mol. The summed E-state index contributed by atoms with van der Waals surface area (Å²) < 4.78 is 0. The number of hydrogen-bond donors (Lipinski definition) is 1. The predicted octanol–water partition coefficient (Wildman–Crippen LogP) is 3.36. The van der Waals surface area contributed by atoms with Crippen molar-refractivity contribution in [1.82, 2.24) is 0 Å². The summed E-state index contributed by atoms with van der Waals surface area (Å²) in [5, 5.41) is 0. The molecule has 2 atom stereocenters. The van der Waals surface area contributed by atoms with Gasteiger partial charge < -0.3 is 5.73 Å². The van der Waals surface area contributed by atoms with E-state index in [4.69, 9.17) is 5.73 Å². The van der Waals surface area contributed by atoms with Crippen molar-refractivity contribution < 1.29 is 0 Å². The summed E-state index contributed by atoms with van der Waals surface area (Å²) >= 11 is 0. The van der Waals surface area contributed by atoms with Crippen LogP contribution in [0.3, 0.4) is 0 Å². The molecule has 1 nitrogen and oxygen atoms in total. The van der Waals surface area contributed by atoms with Crippen LogP contribution in [0.25, 0.3) is 0 Å². The average Bonchev–Trinajstić information content (AvgIpc) is 2.38. The predicted molar refractivity (Wildman–Crippen MR) is 73.0 cm³/mol. The van der Waals surface area contributed by atoms with Gasteiger partial charge in [-0.05, 0) is 24.5 Å². The van der Waals surface area contributed by atoms with Gasteiger partial charge in [-0.3, -0.25) is 0 Å². The Morgan fingerprint density at radius 3 is 1.94 bits per heavy atom. The van der Waals surface area contributed by atoms with E-state index in [1.807, 2.05) is 12.1 Å². The first kappa shape index (κ1) is 11.9. The van der Waals surface area contributed by atoms with E-state index in [2.05, 4.69) is 55.5 Å². The van der Waals surface area contributed by atoms with Gasteiger partial charge in [-0.25, -0.2) is 0 Å². The minimum Gasteiger partial charge on any atom is -0.327 e. The number of hydrogen-bond acceptors (Lipinski definition) is 1. The van der Waals surface area contributed by atoms with E-state index in [-0.39, 0.29) is 6.04 Å². The van der Waals surface area contributed by atoms with Crippen LogP contribution in [0.2, 0.25) is 0 Å².